The highest BCUT2D eigenvalue weighted by molar-refractivity contribution is 6.33. The molecule has 0 aromatic heterocycles. The van der Waals surface area contributed by atoms with Gasteiger partial charge in [-0.15, -0.1) is 0 Å². The third-order valence-electron chi connectivity index (χ3n) is 3.23. The number of halogens is 1. The standard InChI is InChI=1S/C13H18ClN3O3/c14-11-2-1-3-12(13(11)17(18)19)16-8-9-20-10-4-6-15-7-5-10/h1-3,10,15-16H,4-9H2. The van der Waals surface area contributed by atoms with Crippen LogP contribution in [0.3, 0.4) is 0 Å². The fourth-order valence-electron chi connectivity index (χ4n) is 2.22. The number of nitrogens with zero attached hydrogens (tertiary/aromatic N) is 1. The number of nitro benzene ring substituents is 1. The van der Waals surface area contributed by atoms with E-state index >= 15 is 0 Å². The molecule has 6 nitrogen and oxygen atoms in total. The van der Waals surface area contributed by atoms with Gasteiger partial charge < -0.3 is 15.4 Å². The molecule has 1 heterocycles. The molecule has 1 fully saturated rings. The van der Waals surface area contributed by atoms with Gasteiger partial charge in [-0.05, 0) is 38.1 Å². The van der Waals surface area contributed by atoms with Crippen LogP contribution in [-0.2, 0) is 4.74 Å². The van der Waals surface area contributed by atoms with E-state index in [0.29, 0.717) is 18.8 Å². The van der Waals surface area contributed by atoms with Crippen molar-refractivity contribution in [1.29, 1.82) is 0 Å². The van der Waals surface area contributed by atoms with Crippen molar-refractivity contribution in [1.82, 2.24) is 5.32 Å². The number of benzene rings is 1. The first-order chi connectivity index (χ1) is 9.68. The summed E-state index contributed by atoms with van der Waals surface area (Å²) < 4.78 is 5.73. The highest BCUT2D eigenvalue weighted by atomic mass is 35.5. The Morgan fingerprint density at radius 1 is 1.45 bits per heavy atom. The summed E-state index contributed by atoms with van der Waals surface area (Å²) in [5, 5.41) is 17.4. The van der Waals surface area contributed by atoms with E-state index in [1.54, 1.807) is 12.1 Å². The van der Waals surface area contributed by atoms with Crippen LogP contribution >= 0.6 is 11.6 Å². The monoisotopic (exact) mass is 299 g/mol. The van der Waals surface area contributed by atoms with Crippen molar-refractivity contribution < 1.29 is 9.66 Å². The summed E-state index contributed by atoms with van der Waals surface area (Å²) in [6.07, 6.45) is 2.31. The third kappa shape index (κ3) is 4.06. The number of para-hydroxylation sites is 1. The second kappa shape index (κ2) is 7.42. The Kier molecular flexibility index (Phi) is 5.58. The number of hydrogen-bond donors (Lipinski definition) is 2. The predicted octanol–water partition coefficient (Wildman–Crippen LogP) is 2.43. The number of piperidine rings is 1. The predicted molar refractivity (Wildman–Crippen MR) is 78.4 cm³/mol. The van der Waals surface area contributed by atoms with E-state index < -0.39 is 4.92 Å². The van der Waals surface area contributed by atoms with Crippen molar-refractivity contribution >= 4 is 23.0 Å². The Morgan fingerprint density at radius 3 is 2.90 bits per heavy atom. The molecule has 0 spiro atoms. The van der Waals surface area contributed by atoms with Crippen molar-refractivity contribution in [2.75, 3.05) is 31.6 Å². The highest BCUT2D eigenvalue weighted by Gasteiger charge is 2.18. The average molecular weight is 300 g/mol. The summed E-state index contributed by atoms with van der Waals surface area (Å²) in [5.74, 6) is 0. The molecule has 2 rings (SSSR count). The number of rotatable bonds is 6. The van der Waals surface area contributed by atoms with Crippen LogP contribution in [0.25, 0.3) is 0 Å². The maximum absolute atomic E-state index is 11.0. The second-order valence-electron chi connectivity index (χ2n) is 4.64. The zero-order valence-electron chi connectivity index (χ0n) is 11.1. The summed E-state index contributed by atoms with van der Waals surface area (Å²) in [4.78, 5) is 10.5. The summed E-state index contributed by atoms with van der Waals surface area (Å²) >= 11 is 5.84. The van der Waals surface area contributed by atoms with Gasteiger partial charge in [-0.1, -0.05) is 17.7 Å². The average Bonchev–Trinajstić information content (AvgIpc) is 2.44. The molecule has 1 aromatic carbocycles. The van der Waals surface area contributed by atoms with Crippen molar-refractivity contribution in [3.05, 3.63) is 33.3 Å². The summed E-state index contributed by atoms with van der Waals surface area (Å²) in [5.41, 5.74) is 0.340. The minimum atomic E-state index is -0.474. The van der Waals surface area contributed by atoms with Gasteiger partial charge in [0, 0.05) is 6.54 Å². The topological polar surface area (TPSA) is 76.4 Å². The number of hydrogen-bond acceptors (Lipinski definition) is 5. The first-order valence-electron chi connectivity index (χ1n) is 6.67. The quantitative estimate of drug-likeness (QED) is 0.479. The zero-order valence-corrected chi connectivity index (χ0v) is 11.9. The number of nitrogens with one attached hydrogen (secondary N) is 2. The fourth-order valence-corrected chi connectivity index (χ4v) is 2.46. The molecule has 2 N–H and O–H groups in total. The molecule has 1 aliphatic heterocycles. The van der Waals surface area contributed by atoms with Crippen LogP contribution in [-0.4, -0.2) is 37.3 Å². The summed E-state index contributed by atoms with van der Waals surface area (Å²) in [6.45, 7) is 3.01. The first kappa shape index (κ1) is 15.0. The van der Waals surface area contributed by atoms with Crippen LogP contribution in [0, 0.1) is 10.1 Å². The Morgan fingerprint density at radius 2 is 2.20 bits per heavy atom. The lowest BCUT2D eigenvalue weighted by molar-refractivity contribution is -0.383. The van der Waals surface area contributed by atoms with Crippen molar-refractivity contribution in [2.24, 2.45) is 0 Å². The van der Waals surface area contributed by atoms with Gasteiger partial charge in [-0.2, -0.15) is 0 Å². The molecular weight excluding hydrogens is 282 g/mol. The van der Waals surface area contributed by atoms with E-state index in [-0.39, 0.29) is 16.8 Å². The molecule has 0 amide bonds. The van der Waals surface area contributed by atoms with Crippen LogP contribution in [0.4, 0.5) is 11.4 Å². The van der Waals surface area contributed by atoms with Crippen LogP contribution in [0.5, 0.6) is 0 Å². The zero-order chi connectivity index (χ0) is 14.4. The molecule has 0 aliphatic carbocycles. The maximum atomic E-state index is 11.0. The number of nitro groups is 1. The van der Waals surface area contributed by atoms with Gasteiger partial charge in [-0.3, -0.25) is 10.1 Å². The Labute approximate surface area is 122 Å². The van der Waals surface area contributed by atoms with Crippen LogP contribution in [0.1, 0.15) is 12.8 Å². The normalized spacial score (nSPS) is 16.1. The van der Waals surface area contributed by atoms with Crippen LogP contribution < -0.4 is 10.6 Å². The summed E-state index contributed by atoms with van der Waals surface area (Å²) in [6, 6.07) is 4.84. The Balaban J connectivity index is 1.82. The fraction of sp³-hybridized carbons (Fsp3) is 0.538. The Bertz CT molecular complexity index is 464. The van der Waals surface area contributed by atoms with Gasteiger partial charge in [0.15, 0.2) is 0 Å². The van der Waals surface area contributed by atoms with Gasteiger partial charge in [0.2, 0.25) is 0 Å². The van der Waals surface area contributed by atoms with Gasteiger partial charge in [0.05, 0.1) is 17.6 Å². The molecule has 1 aromatic rings. The van der Waals surface area contributed by atoms with E-state index in [9.17, 15) is 10.1 Å². The van der Waals surface area contributed by atoms with Crippen molar-refractivity contribution in [2.45, 2.75) is 18.9 Å². The van der Waals surface area contributed by atoms with Gasteiger partial charge in [-0.25, -0.2) is 0 Å². The number of anilines is 1. The minimum absolute atomic E-state index is 0.0870. The highest BCUT2D eigenvalue weighted by Crippen LogP contribution is 2.31. The first-order valence-corrected chi connectivity index (χ1v) is 7.05. The minimum Gasteiger partial charge on any atom is -0.377 e. The molecule has 0 saturated carbocycles. The molecule has 1 saturated heterocycles. The van der Waals surface area contributed by atoms with Gasteiger partial charge in [0.25, 0.3) is 0 Å². The second-order valence-corrected chi connectivity index (χ2v) is 5.05. The smallest absolute Gasteiger partial charge is 0.310 e. The molecule has 110 valence electrons. The molecule has 1 aliphatic rings. The molecular formula is C13H18ClN3O3. The molecule has 20 heavy (non-hydrogen) atoms. The molecule has 0 unspecified atom stereocenters. The van der Waals surface area contributed by atoms with E-state index in [1.807, 2.05) is 0 Å². The van der Waals surface area contributed by atoms with E-state index in [4.69, 9.17) is 16.3 Å². The third-order valence-corrected chi connectivity index (χ3v) is 3.53. The van der Waals surface area contributed by atoms with Crippen molar-refractivity contribution in [3.8, 4) is 0 Å². The summed E-state index contributed by atoms with van der Waals surface area (Å²) in [7, 11) is 0. The molecule has 0 radical (unpaired) electrons. The van der Waals surface area contributed by atoms with E-state index in [0.717, 1.165) is 25.9 Å². The lowest BCUT2D eigenvalue weighted by Crippen LogP contribution is -2.33. The SMILES string of the molecule is O=[N+]([O-])c1c(Cl)cccc1NCCOC1CCNCC1. The Hall–Kier alpha value is -1.37. The van der Waals surface area contributed by atoms with Crippen LogP contribution in [0.15, 0.2) is 18.2 Å². The number of ether oxygens (including phenoxy) is 1. The van der Waals surface area contributed by atoms with Crippen LogP contribution in [0.2, 0.25) is 5.02 Å². The lowest BCUT2D eigenvalue weighted by atomic mass is 10.1. The molecule has 0 bridgehead atoms. The lowest BCUT2D eigenvalue weighted by Gasteiger charge is -2.23. The van der Waals surface area contributed by atoms with E-state index in [2.05, 4.69) is 10.6 Å². The molecule has 7 heteroatoms. The van der Waals surface area contributed by atoms with E-state index in [1.165, 1.54) is 6.07 Å². The van der Waals surface area contributed by atoms with Crippen molar-refractivity contribution in [3.63, 3.8) is 0 Å². The molecule has 0 atom stereocenters. The van der Waals surface area contributed by atoms with Gasteiger partial charge in [0.1, 0.15) is 10.7 Å². The largest absolute Gasteiger partial charge is 0.377 e. The van der Waals surface area contributed by atoms with Gasteiger partial charge >= 0.3 is 5.69 Å². The maximum Gasteiger partial charge on any atom is 0.310 e.